The van der Waals surface area contributed by atoms with Gasteiger partial charge in [-0.1, -0.05) is 207 Å². The summed E-state index contributed by atoms with van der Waals surface area (Å²) in [4.78, 5) is 106. The third-order valence-electron chi connectivity index (χ3n) is 15.4. The molecule has 2 amide bonds. The highest BCUT2D eigenvalue weighted by atomic mass is 16.6. The number of nitrogens with zero attached hydrogens (tertiary/aromatic N) is 2. The maximum absolute atomic E-state index is 13.1. The van der Waals surface area contributed by atoms with Gasteiger partial charge in [0.1, 0.15) is 12.1 Å². The van der Waals surface area contributed by atoms with Crippen LogP contribution in [0.5, 0.6) is 0 Å². The van der Waals surface area contributed by atoms with Crippen molar-refractivity contribution >= 4 is 47.6 Å². The second-order valence-electron chi connectivity index (χ2n) is 23.1. The monoisotopic (exact) mass is 1190 g/mol. The lowest BCUT2D eigenvalue weighted by Crippen LogP contribution is -2.62. The quantitative estimate of drug-likeness (QED) is 0.0328. The second kappa shape index (κ2) is 56.5. The topological polar surface area (TPSA) is 222 Å². The van der Waals surface area contributed by atoms with Crippen LogP contribution in [0.2, 0.25) is 0 Å². The summed E-state index contributed by atoms with van der Waals surface area (Å²) < 4.78 is 32.9. The highest BCUT2D eigenvalue weighted by Gasteiger charge is 2.33. The number of nitrogens with one attached hydrogen (secondary N) is 2. The number of piperazine rings is 1. The van der Waals surface area contributed by atoms with Crippen LogP contribution in [0.3, 0.4) is 0 Å². The number of hydrogen-bond acceptors (Lipinski definition) is 16. The van der Waals surface area contributed by atoms with Crippen LogP contribution in [0.4, 0.5) is 0 Å². The minimum absolute atomic E-state index is 0.0230. The molecule has 0 saturated carbocycles. The number of esters is 6. The molecule has 2 N–H and O–H groups in total. The third kappa shape index (κ3) is 47.9. The van der Waals surface area contributed by atoms with E-state index in [0.29, 0.717) is 52.6 Å². The summed E-state index contributed by atoms with van der Waals surface area (Å²) in [6.07, 6.45) is 37.0. The third-order valence-corrected chi connectivity index (χ3v) is 15.4. The summed E-state index contributed by atoms with van der Waals surface area (Å²) in [5.74, 6) is -3.29. The Labute approximate surface area is 508 Å². The molecule has 0 aromatic carbocycles. The van der Waals surface area contributed by atoms with Crippen LogP contribution in [-0.4, -0.2) is 148 Å². The van der Waals surface area contributed by atoms with Crippen LogP contribution in [0.25, 0.3) is 0 Å². The van der Waals surface area contributed by atoms with Gasteiger partial charge in [0.15, 0.2) is 0 Å². The van der Waals surface area contributed by atoms with Crippen LogP contribution in [0.1, 0.15) is 285 Å². The maximum atomic E-state index is 13.1. The minimum atomic E-state index is -0.940. The van der Waals surface area contributed by atoms with Gasteiger partial charge in [-0.05, 0) is 25.7 Å². The molecule has 0 radical (unpaired) electrons. The van der Waals surface area contributed by atoms with Crippen molar-refractivity contribution in [2.45, 2.75) is 297 Å². The molecule has 0 bridgehead atoms. The van der Waals surface area contributed by atoms with Crippen LogP contribution in [0, 0.1) is 0 Å². The van der Waals surface area contributed by atoms with Gasteiger partial charge in [0.25, 0.3) is 0 Å². The lowest BCUT2D eigenvalue weighted by Gasteiger charge is -2.29. The van der Waals surface area contributed by atoms with Gasteiger partial charge >= 0.3 is 35.8 Å². The Kier molecular flexibility index (Phi) is 52.2. The van der Waals surface area contributed by atoms with Crippen LogP contribution in [0.15, 0.2) is 0 Å². The van der Waals surface area contributed by atoms with Crippen molar-refractivity contribution in [3.05, 3.63) is 0 Å². The van der Waals surface area contributed by atoms with Gasteiger partial charge in [0.2, 0.25) is 11.8 Å². The number of rotatable bonds is 60. The first-order valence-corrected chi connectivity index (χ1v) is 33.9. The zero-order chi connectivity index (χ0) is 61.4. The smallest absolute Gasteiger partial charge is 0.307 e. The first-order valence-electron chi connectivity index (χ1n) is 33.9. The fourth-order valence-electron chi connectivity index (χ4n) is 9.95. The average Bonchev–Trinajstić information content (AvgIpc) is 3.68. The van der Waals surface area contributed by atoms with E-state index in [4.69, 9.17) is 28.4 Å². The van der Waals surface area contributed by atoms with E-state index in [-0.39, 0.29) is 102 Å². The lowest BCUT2D eigenvalue weighted by atomic mass is 10.1. The molecule has 84 heavy (non-hydrogen) atoms. The first kappa shape index (κ1) is 77.7. The van der Waals surface area contributed by atoms with E-state index in [0.717, 1.165) is 77.0 Å². The van der Waals surface area contributed by atoms with Crippen LogP contribution in [-0.2, 0) is 66.8 Å². The van der Waals surface area contributed by atoms with Crippen molar-refractivity contribution in [1.29, 1.82) is 0 Å². The molecule has 18 heteroatoms. The Hall–Kier alpha value is -4.32. The molecule has 2 atom stereocenters. The van der Waals surface area contributed by atoms with Gasteiger partial charge < -0.3 is 48.9 Å². The van der Waals surface area contributed by atoms with Crippen LogP contribution < -0.4 is 10.6 Å². The Morgan fingerprint density at radius 1 is 0.286 bits per heavy atom. The summed E-state index contributed by atoms with van der Waals surface area (Å²) in [6, 6.07) is -1.88. The fraction of sp³-hybridized carbons (Fsp3) is 0.879. The van der Waals surface area contributed by atoms with Crippen molar-refractivity contribution in [3.8, 4) is 0 Å². The van der Waals surface area contributed by atoms with E-state index >= 15 is 0 Å². The van der Waals surface area contributed by atoms with Crippen molar-refractivity contribution in [2.24, 2.45) is 0 Å². The van der Waals surface area contributed by atoms with E-state index in [1.165, 1.54) is 128 Å². The summed E-state index contributed by atoms with van der Waals surface area (Å²) >= 11 is 0. The van der Waals surface area contributed by atoms with E-state index in [2.05, 4.69) is 38.3 Å². The van der Waals surface area contributed by atoms with Crippen molar-refractivity contribution in [2.75, 3.05) is 78.9 Å². The summed E-state index contributed by atoms with van der Waals surface area (Å²) in [5.41, 5.74) is 0. The number of amides is 2. The highest BCUT2D eigenvalue weighted by Crippen LogP contribution is 2.14. The predicted octanol–water partition coefficient (Wildman–Crippen LogP) is 12.5. The molecule has 1 saturated heterocycles. The molecule has 1 fully saturated rings. The standard InChI is InChI=1S/C66H120N4O14/c1-5-9-13-17-21-25-29-33-51-79-59(71)37-45-69(46-38-60(72)80-52-34-30-26-22-18-14-10-6-2)49-41-63(75)83-55-43-57-65(77)68-58(66(78)67-57)44-56-84-64(76)42-50-70(47-39-61(73)81-53-35-31-27-23-19-15-11-7-3)48-40-62(74)82-54-36-32-28-24-20-16-12-8-4/h57-58H,5-56H2,1-4H3,(H,67,78)(H,68,77). The molecular formula is C66H120N4O14. The number of ether oxygens (including phenoxy) is 6. The van der Waals surface area contributed by atoms with Gasteiger partial charge in [-0.25, -0.2) is 0 Å². The molecule has 0 aromatic rings. The number of hydrogen-bond donors (Lipinski definition) is 2. The van der Waals surface area contributed by atoms with Gasteiger partial charge in [0, 0.05) is 52.1 Å². The summed E-state index contributed by atoms with van der Waals surface area (Å²) in [5, 5.41) is 5.37. The zero-order valence-electron chi connectivity index (χ0n) is 53.5. The molecule has 1 aliphatic heterocycles. The second-order valence-corrected chi connectivity index (χ2v) is 23.1. The lowest BCUT2D eigenvalue weighted by molar-refractivity contribution is -0.148. The Morgan fingerprint density at radius 3 is 0.667 bits per heavy atom. The number of carbonyl (C=O) groups excluding carboxylic acids is 8. The predicted molar refractivity (Wildman–Crippen MR) is 330 cm³/mol. The molecule has 2 unspecified atom stereocenters. The Morgan fingerprint density at radius 2 is 0.464 bits per heavy atom. The fourth-order valence-corrected chi connectivity index (χ4v) is 9.95. The Bertz CT molecular complexity index is 1510. The van der Waals surface area contributed by atoms with Crippen molar-refractivity contribution in [1.82, 2.24) is 20.4 Å². The molecule has 0 aromatic heterocycles. The normalized spacial score (nSPS) is 14.1. The zero-order valence-corrected chi connectivity index (χ0v) is 53.5. The van der Waals surface area contributed by atoms with Gasteiger partial charge in [0.05, 0.1) is 78.2 Å². The molecule has 0 spiro atoms. The summed E-state index contributed by atoms with van der Waals surface area (Å²) in [6.45, 7) is 11.6. The van der Waals surface area contributed by atoms with Gasteiger partial charge in [-0.2, -0.15) is 0 Å². The highest BCUT2D eigenvalue weighted by molar-refractivity contribution is 5.96. The molecule has 18 nitrogen and oxygen atoms in total. The van der Waals surface area contributed by atoms with E-state index in [1.807, 2.05) is 9.80 Å². The van der Waals surface area contributed by atoms with Gasteiger partial charge in [-0.15, -0.1) is 0 Å². The Balaban J connectivity index is 2.58. The van der Waals surface area contributed by atoms with Gasteiger partial charge in [-0.3, -0.25) is 38.4 Å². The van der Waals surface area contributed by atoms with E-state index < -0.39 is 35.8 Å². The maximum Gasteiger partial charge on any atom is 0.307 e. The average molecular weight is 1190 g/mol. The molecule has 1 heterocycles. The largest absolute Gasteiger partial charge is 0.466 e. The molecule has 488 valence electrons. The summed E-state index contributed by atoms with van der Waals surface area (Å²) in [7, 11) is 0. The molecule has 1 rings (SSSR count). The molecule has 0 aliphatic carbocycles. The number of unbranched alkanes of at least 4 members (excludes halogenated alkanes) is 28. The van der Waals surface area contributed by atoms with Crippen molar-refractivity contribution < 1.29 is 66.8 Å². The first-order chi connectivity index (χ1) is 40.9. The molecule has 1 aliphatic rings. The molecular weight excluding hydrogens is 1070 g/mol. The van der Waals surface area contributed by atoms with E-state index in [1.54, 1.807) is 0 Å². The van der Waals surface area contributed by atoms with E-state index in [9.17, 15) is 38.4 Å². The SMILES string of the molecule is CCCCCCCCCCOC(=O)CCN(CCC(=O)OCCCCCCCCCC)CCC(=O)OCCC1NC(=O)C(CCOC(=O)CCN(CCC(=O)OCCCCCCCCCC)CCC(=O)OCCCCCCCCCC)NC1=O. The number of carbonyl (C=O) groups is 8. The van der Waals surface area contributed by atoms with Crippen LogP contribution >= 0.6 is 0 Å². The van der Waals surface area contributed by atoms with Crippen molar-refractivity contribution in [3.63, 3.8) is 0 Å². The minimum Gasteiger partial charge on any atom is -0.466 e.